The van der Waals surface area contributed by atoms with Crippen molar-refractivity contribution in [2.24, 2.45) is 5.92 Å². The Balaban J connectivity index is 1.95. The third-order valence-corrected chi connectivity index (χ3v) is 4.59. The average molecular weight is 238 g/mol. The maximum Gasteiger partial charge on any atom is 0.306 e. The van der Waals surface area contributed by atoms with Crippen molar-refractivity contribution in [1.82, 2.24) is 0 Å². The third kappa shape index (κ3) is 2.64. The van der Waals surface area contributed by atoms with Crippen LogP contribution in [0, 0.1) is 5.92 Å². The molecule has 1 aromatic heterocycles. The van der Waals surface area contributed by atoms with Crippen molar-refractivity contribution in [3.8, 4) is 0 Å². The normalized spacial score (nSPS) is 16.8. The van der Waals surface area contributed by atoms with Crippen molar-refractivity contribution in [3.05, 3.63) is 21.4 Å². The Morgan fingerprint density at radius 2 is 2.25 bits per heavy atom. The number of aliphatic carboxylic acids is 1. The lowest BCUT2D eigenvalue weighted by Crippen LogP contribution is -2.09. The van der Waals surface area contributed by atoms with E-state index in [0.29, 0.717) is 0 Å². The first-order valence-electron chi connectivity index (χ1n) is 6.00. The molecule has 2 rings (SSSR count). The molecule has 0 spiro atoms. The summed E-state index contributed by atoms with van der Waals surface area (Å²) in [4.78, 5) is 13.6. The van der Waals surface area contributed by atoms with E-state index in [-0.39, 0.29) is 5.92 Å². The number of thiophene rings is 1. The molecular formula is C13H18O2S. The van der Waals surface area contributed by atoms with Gasteiger partial charge in [-0.15, -0.1) is 11.3 Å². The van der Waals surface area contributed by atoms with Crippen LogP contribution in [-0.4, -0.2) is 11.1 Å². The van der Waals surface area contributed by atoms with Crippen LogP contribution in [0.15, 0.2) is 6.07 Å². The van der Waals surface area contributed by atoms with Crippen molar-refractivity contribution in [1.29, 1.82) is 0 Å². The van der Waals surface area contributed by atoms with E-state index in [4.69, 9.17) is 5.11 Å². The Kier molecular flexibility index (Phi) is 3.64. The lowest BCUT2D eigenvalue weighted by molar-refractivity contribution is -0.141. The monoisotopic (exact) mass is 238 g/mol. The molecule has 88 valence electrons. The van der Waals surface area contributed by atoms with Crippen molar-refractivity contribution >= 4 is 17.3 Å². The first-order chi connectivity index (χ1) is 7.66. The standard InChI is InChI=1S/C13H18O2S/c1-9(13(14)15)6-7-11-8-10-4-2-3-5-12(10)16-11/h8-9H,2-7H2,1H3,(H,14,15). The average Bonchev–Trinajstić information content (AvgIpc) is 2.68. The summed E-state index contributed by atoms with van der Waals surface area (Å²) < 4.78 is 0. The molecule has 0 amide bonds. The summed E-state index contributed by atoms with van der Waals surface area (Å²) in [5.74, 6) is -0.902. The number of hydrogen-bond donors (Lipinski definition) is 1. The molecule has 0 aliphatic heterocycles. The summed E-state index contributed by atoms with van der Waals surface area (Å²) in [7, 11) is 0. The zero-order chi connectivity index (χ0) is 11.5. The highest BCUT2D eigenvalue weighted by molar-refractivity contribution is 7.12. The molecule has 0 bridgehead atoms. The van der Waals surface area contributed by atoms with Gasteiger partial charge in [-0.05, 0) is 50.2 Å². The van der Waals surface area contributed by atoms with Crippen molar-refractivity contribution < 1.29 is 9.90 Å². The van der Waals surface area contributed by atoms with Gasteiger partial charge < -0.3 is 5.11 Å². The van der Waals surface area contributed by atoms with E-state index in [9.17, 15) is 4.79 Å². The summed E-state index contributed by atoms with van der Waals surface area (Å²) >= 11 is 1.90. The molecule has 0 saturated heterocycles. The number of carboxylic acids is 1. The van der Waals surface area contributed by atoms with E-state index in [1.807, 2.05) is 11.3 Å². The number of aryl methyl sites for hydroxylation is 3. The minimum Gasteiger partial charge on any atom is -0.481 e. The number of rotatable bonds is 4. The molecule has 0 aromatic carbocycles. The molecule has 16 heavy (non-hydrogen) atoms. The summed E-state index contributed by atoms with van der Waals surface area (Å²) in [6.07, 6.45) is 6.77. The van der Waals surface area contributed by atoms with Gasteiger partial charge in [0.1, 0.15) is 0 Å². The highest BCUT2D eigenvalue weighted by Gasteiger charge is 2.15. The number of fused-ring (bicyclic) bond motifs is 1. The lowest BCUT2D eigenvalue weighted by atomic mass is 9.98. The molecule has 1 heterocycles. The van der Waals surface area contributed by atoms with Crippen molar-refractivity contribution in [3.63, 3.8) is 0 Å². The van der Waals surface area contributed by atoms with E-state index in [1.165, 1.54) is 36.1 Å². The Bertz CT molecular complexity index is 358. The summed E-state index contributed by atoms with van der Waals surface area (Å²) in [6, 6.07) is 2.30. The van der Waals surface area contributed by atoms with Gasteiger partial charge >= 0.3 is 5.97 Å². The highest BCUT2D eigenvalue weighted by Crippen LogP contribution is 2.30. The Morgan fingerprint density at radius 3 is 2.94 bits per heavy atom. The second-order valence-electron chi connectivity index (χ2n) is 4.65. The minimum atomic E-state index is -0.679. The van der Waals surface area contributed by atoms with Crippen molar-refractivity contribution in [2.75, 3.05) is 0 Å². The third-order valence-electron chi connectivity index (χ3n) is 3.29. The Labute approximate surface area is 100 Å². The molecule has 1 aliphatic rings. The van der Waals surface area contributed by atoms with Crippen molar-refractivity contribution in [2.45, 2.75) is 45.4 Å². The molecule has 1 aliphatic carbocycles. The zero-order valence-electron chi connectivity index (χ0n) is 9.66. The van der Waals surface area contributed by atoms with Crippen LogP contribution in [0.1, 0.15) is 41.5 Å². The smallest absolute Gasteiger partial charge is 0.306 e. The van der Waals surface area contributed by atoms with Crippen LogP contribution < -0.4 is 0 Å². The predicted molar refractivity (Wildman–Crippen MR) is 66.1 cm³/mol. The van der Waals surface area contributed by atoms with Gasteiger partial charge in [-0.25, -0.2) is 0 Å². The summed E-state index contributed by atoms with van der Waals surface area (Å²) in [5.41, 5.74) is 1.52. The first-order valence-corrected chi connectivity index (χ1v) is 6.81. The van der Waals surface area contributed by atoms with Gasteiger partial charge in [0.05, 0.1) is 5.92 Å². The second-order valence-corrected chi connectivity index (χ2v) is 5.87. The van der Waals surface area contributed by atoms with Crippen LogP contribution in [0.25, 0.3) is 0 Å². The van der Waals surface area contributed by atoms with Gasteiger partial charge in [-0.1, -0.05) is 6.92 Å². The van der Waals surface area contributed by atoms with E-state index >= 15 is 0 Å². The summed E-state index contributed by atoms with van der Waals surface area (Å²) in [6.45, 7) is 1.79. The number of carbonyl (C=O) groups is 1. The highest BCUT2D eigenvalue weighted by atomic mass is 32.1. The molecule has 1 atom stereocenters. The maximum atomic E-state index is 10.7. The van der Waals surface area contributed by atoms with Crippen LogP contribution in [0.4, 0.5) is 0 Å². The first kappa shape index (κ1) is 11.6. The molecule has 1 aromatic rings. The van der Waals surface area contributed by atoms with Crippen LogP contribution in [0.2, 0.25) is 0 Å². The Morgan fingerprint density at radius 1 is 1.50 bits per heavy atom. The van der Waals surface area contributed by atoms with E-state index < -0.39 is 5.97 Å². The van der Waals surface area contributed by atoms with Crippen LogP contribution in [-0.2, 0) is 24.1 Å². The molecule has 1 unspecified atom stereocenters. The molecule has 0 radical (unpaired) electrons. The molecule has 3 heteroatoms. The number of hydrogen-bond acceptors (Lipinski definition) is 2. The SMILES string of the molecule is CC(CCc1cc2c(s1)CCCC2)C(=O)O. The lowest BCUT2D eigenvalue weighted by Gasteiger charge is -2.08. The van der Waals surface area contributed by atoms with E-state index in [2.05, 4.69) is 6.07 Å². The molecule has 0 saturated carbocycles. The number of carboxylic acid groups (broad SMARTS) is 1. The second kappa shape index (κ2) is 5.00. The van der Waals surface area contributed by atoms with Gasteiger partial charge in [0.15, 0.2) is 0 Å². The molecule has 0 fully saturated rings. The fourth-order valence-corrected chi connectivity index (χ4v) is 3.43. The summed E-state index contributed by atoms with van der Waals surface area (Å²) in [5, 5.41) is 8.83. The van der Waals surface area contributed by atoms with E-state index in [0.717, 1.165) is 12.8 Å². The maximum absolute atomic E-state index is 10.7. The largest absolute Gasteiger partial charge is 0.481 e. The Hall–Kier alpha value is -0.830. The van der Waals surface area contributed by atoms with Crippen LogP contribution in [0.5, 0.6) is 0 Å². The topological polar surface area (TPSA) is 37.3 Å². The fourth-order valence-electron chi connectivity index (χ4n) is 2.16. The van der Waals surface area contributed by atoms with Gasteiger partial charge in [0.25, 0.3) is 0 Å². The van der Waals surface area contributed by atoms with Gasteiger partial charge in [-0.2, -0.15) is 0 Å². The fraction of sp³-hybridized carbons (Fsp3) is 0.615. The van der Waals surface area contributed by atoms with Crippen LogP contribution in [0.3, 0.4) is 0 Å². The minimum absolute atomic E-state index is 0.223. The van der Waals surface area contributed by atoms with Gasteiger partial charge in [0.2, 0.25) is 0 Å². The molecule has 2 nitrogen and oxygen atoms in total. The van der Waals surface area contributed by atoms with Gasteiger partial charge in [0, 0.05) is 9.75 Å². The predicted octanol–water partition coefficient (Wildman–Crippen LogP) is 3.28. The van der Waals surface area contributed by atoms with Crippen LogP contribution >= 0.6 is 11.3 Å². The van der Waals surface area contributed by atoms with Gasteiger partial charge in [-0.3, -0.25) is 4.79 Å². The van der Waals surface area contributed by atoms with E-state index in [1.54, 1.807) is 11.8 Å². The molecular weight excluding hydrogens is 220 g/mol. The quantitative estimate of drug-likeness (QED) is 0.874. The molecule has 1 N–H and O–H groups in total. The zero-order valence-corrected chi connectivity index (χ0v) is 10.5.